The number of rotatable bonds is 7. The SMILES string of the molecule is CC(C)Oc1ncccc1NCCC(C)(C)C(N)=NO. The lowest BCUT2D eigenvalue weighted by Crippen LogP contribution is -2.33. The van der Waals surface area contributed by atoms with Gasteiger partial charge >= 0.3 is 0 Å². The first-order valence-electron chi connectivity index (χ1n) is 6.70. The standard InChI is InChI=1S/C14H24N4O2/c1-10(2)20-12-11(6-5-8-17-12)16-9-7-14(3,4)13(15)18-19/h5-6,8,10,16,19H,7,9H2,1-4H3,(H2,15,18). The molecule has 20 heavy (non-hydrogen) atoms. The van der Waals surface area contributed by atoms with Gasteiger partial charge < -0.3 is 21.0 Å². The molecule has 0 aliphatic carbocycles. The van der Waals surface area contributed by atoms with Gasteiger partial charge in [-0.2, -0.15) is 0 Å². The average molecular weight is 280 g/mol. The fraction of sp³-hybridized carbons (Fsp3) is 0.571. The monoisotopic (exact) mass is 280 g/mol. The van der Waals surface area contributed by atoms with E-state index in [0.717, 1.165) is 12.1 Å². The summed E-state index contributed by atoms with van der Waals surface area (Å²) in [5.41, 5.74) is 6.13. The number of pyridine rings is 1. The van der Waals surface area contributed by atoms with Crippen LogP contribution in [0.25, 0.3) is 0 Å². The Labute approximate surface area is 120 Å². The molecule has 0 aliphatic rings. The summed E-state index contributed by atoms with van der Waals surface area (Å²) < 4.78 is 5.63. The van der Waals surface area contributed by atoms with Crippen LogP contribution < -0.4 is 15.8 Å². The van der Waals surface area contributed by atoms with E-state index in [2.05, 4.69) is 15.5 Å². The van der Waals surface area contributed by atoms with Crippen molar-refractivity contribution in [3.05, 3.63) is 18.3 Å². The Bertz CT molecular complexity index is 458. The molecule has 1 heterocycles. The van der Waals surface area contributed by atoms with E-state index in [1.807, 2.05) is 39.8 Å². The lowest BCUT2D eigenvalue weighted by Gasteiger charge is -2.23. The second-order valence-corrected chi connectivity index (χ2v) is 5.57. The van der Waals surface area contributed by atoms with Crippen LogP contribution in [0.15, 0.2) is 23.5 Å². The fourth-order valence-electron chi connectivity index (χ4n) is 1.62. The molecule has 0 saturated heterocycles. The predicted octanol–water partition coefficient (Wildman–Crippen LogP) is 2.44. The van der Waals surface area contributed by atoms with Crippen molar-refractivity contribution in [2.75, 3.05) is 11.9 Å². The number of anilines is 1. The third-order valence-corrected chi connectivity index (χ3v) is 2.99. The van der Waals surface area contributed by atoms with Gasteiger partial charge in [-0.3, -0.25) is 0 Å². The summed E-state index contributed by atoms with van der Waals surface area (Å²) in [4.78, 5) is 4.21. The van der Waals surface area contributed by atoms with E-state index in [1.54, 1.807) is 6.20 Å². The lowest BCUT2D eigenvalue weighted by atomic mass is 9.88. The predicted molar refractivity (Wildman–Crippen MR) is 80.3 cm³/mol. The largest absolute Gasteiger partial charge is 0.473 e. The Hall–Kier alpha value is -1.98. The molecule has 0 aromatic carbocycles. The summed E-state index contributed by atoms with van der Waals surface area (Å²) >= 11 is 0. The van der Waals surface area contributed by atoms with Crippen LogP contribution in [-0.2, 0) is 0 Å². The Morgan fingerprint density at radius 3 is 2.85 bits per heavy atom. The van der Waals surface area contributed by atoms with Gasteiger partial charge in [0.05, 0.1) is 11.8 Å². The maximum Gasteiger partial charge on any atom is 0.237 e. The molecule has 4 N–H and O–H groups in total. The molecule has 0 spiro atoms. The Morgan fingerprint density at radius 1 is 1.55 bits per heavy atom. The highest BCUT2D eigenvalue weighted by atomic mass is 16.5. The highest BCUT2D eigenvalue weighted by Crippen LogP contribution is 2.24. The smallest absolute Gasteiger partial charge is 0.237 e. The van der Waals surface area contributed by atoms with Gasteiger partial charge in [0.15, 0.2) is 0 Å². The highest BCUT2D eigenvalue weighted by molar-refractivity contribution is 5.85. The summed E-state index contributed by atoms with van der Waals surface area (Å²) in [5, 5.41) is 15.1. The first kappa shape index (κ1) is 16.1. The molecule has 1 rings (SSSR count). The van der Waals surface area contributed by atoms with Crippen LogP contribution in [0.1, 0.15) is 34.1 Å². The Kier molecular flexibility index (Phi) is 5.61. The number of nitrogens with one attached hydrogen (secondary N) is 1. The van der Waals surface area contributed by atoms with Gasteiger partial charge in [-0.15, -0.1) is 0 Å². The van der Waals surface area contributed by atoms with E-state index in [-0.39, 0.29) is 17.4 Å². The number of aromatic nitrogens is 1. The molecule has 0 saturated carbocycles. The molecule has 112 valence electrons. The van der Waals surface area contributed by atoms with Crippen LogP contribution in [-0.4, -0.2) is 28.7 Å². The van der Waals surface area contributed by atoms with Crippen LogP contribution >= 0.6 is 0 Å². The first-order valence-corrected chi connectivity index (χ1v) is 6.70. The molecule has 0 aliphatic heterocycles. The number of hydrogen-bond donors (Lipinski definition) is 3. The van der Waals surface area contributed by atoms with E-state index in [0.29, 0.717) is 12.4 Å². The number of hydrogen-bond acceptors (Lipinski definition) is 5. The number of nitrogens with two attached hydrogens (primary N) is 1. The Balaban J connectivity index is 2.62. The number of ether oxygens (including phenoxy) is 1. The van der Waals surface area contributed by atoms with Crippen LogP contribution in [0.2, 0.25) is 0 Å². The fourth-order valence-corrected chi connectivity index (χ4v) is 1.62. The normalized spacial score (nSPS) is 12.6. The summed E-state index contributed by atoms with van der Waals surface area (Å²) in [6, 6.07) is 3.77. The van der Waals surface area contributed by atoms with E-state index in [4.69, 9.17) is 15.7 Å². The minimum atomic E-state index is -0.372. The van der Waals surface area contributed by atoms with Crippen molar-refractivity contribution in [2.24, 2.45) is 16.3 Å². The summed E-state index contributed by atoms with van der Waals surface area (Å²) in [6.07, 6.45) is 2.49. The quantitative estimate of drug-likeness (QED) is 0.309. The minimum Gasteiger partial charge on any atom is -0.473 e. The molecule has 0 atom stereocenters. The first-order chi connectivity index (χ1) is 9.36. The molecule has 1 aromatic rings. The van der Waals surface area contributed by atoms with Gasteiger partial charge in [-0.1, -0.05) is 19.0 Å². The molecule has 0 unspecified atom stereocenters. The highest BCUT2D eigenvalue weighted by Gasteiger charge is 2.23. The molecule has 0 bridgehead atoms. The molecular weight excluding hydrogens is 256 g/mol. The molecular formula is C14H24N4O2. The molecule has 0 fully saturated rings. The van der Waals surface area contributed by atoms with Crippen molar-refractivity contribution in [3.8, 4) is 5.88 Å². The van der Waals surface area contributed by atoms with Crippen LogP contribution in [0.4, 0.5) is 5.69 Å². The van der Waals surface area contributed by atoms with Crippen molar-refractivity contribution >= 4 is 11.5 Å². The third kappa shape index (κ3) is 4.60. The minimum absolute atomic E-state index is 0.0686. The van der Waals surface area contributed by atoms with Gasteiger partial charge in [0.25, 0.3) is 0 Å². The third-order valence-electron chi connectivity index (χ3n) is 2.99. The molecule has 1 aromatic heterocycles. The van der Waals surface area contributed by atoms with E-state index in [9.17, 15) is 0 Å². The van der Waals surface area contributed by atoms with Crippen molar-refractivity contribution in [1.82, 2.24) is 4.98 Å². The van der Waals surface area contributed by atoms with Crippen molar-refractivity contribution in [3.63, 3.8) is 0 Å². The zero-order valence-electron chi connectivity index (χ0n) is 12.6. The van der Waals surface area contributed by atoms with Crippen LogP contribution in [0, 0.1) is 5.41 Å². The van der Waals surface area contributed by atoms with Crippen molar-refractivity contribution in [1.29, 1.82) is 0 Å². The topological polar surface area (TPSA) is 92.8 Å². The number of oxime groups is 1. The zero-order chi connectivity index (χ0) is 15.2. The van der Waals surface area contributed by atoms with Crippen molar-refractivity contribution < 1.29 is 9.94 Å². The Morgan fingerprint density at radius 2 is 2.25 bits per heavy atom. The van der Waals surface area contributed by atoms with E-state index < -0.39 is 0 Å². The van der Waals surface area contributed by atoms with Gasteiger partial charge in [-0.05, 0) is 32.4 Å². The van der Waals surface area contributed by atoms with Crippen molar-refractivity contribution in [2.45, 2.75) is 40.2 Å². The lowest BCUT2D eigenvalue weighted by molar-refractivity contribution is 0.234. The number of amidine groups is 1. The molecule has 6 nitrogen and oxygen atoms in total. The van der Waals surface area contributed by atoms with E-state index in [1.165, 1.54) is 0 Å². The van der Waals surface area contributed by atoms with Gasteiger partial charge in [0.2, 0.25) is 5.88 Å². The average Bonchev–Trinajstić information content (AvgIpc) is 2.39. The summed E-state index contributed by atoms with van der Waals surface area (Å²) in [5.74, 6) is 0.813. The summed E-state index contributed by atoms with van der Waals surface area (Å²) in [6.45, 7) is 8.44. The van der Waals surface area contributed by atoms with Crippen LogP contribution in [0.5, 0.6) is 5.88 Å². The van der Waals surface area contributed by atoms with E-state index >= 15 is 0 Å². The maximum absolute atomic E-state index is 8.74. The maximum atomic E-state index is 8.74. The van der Waals surface area contributed by atoms with Gasteiger partial charge in [0.1, 0.15) is 5.84 Å². The van der Waals surface area contributed by atoms with Gasteiger partial charge in [0, 0.05) is 18.2 Å². The second kappa shape index (κ2) is 6.98. The van der Waals surface area contributed by atoms with Gasteiger partial charge in [-0.25, -0.2) is 4.98 Å². The summed E-state index contributed by atoms with van der Waals surface area (Å²) in [7, 11) is 0. The second-order valence-electron chi connectivity index (χ2n) is 5.57. The zero-order valence-corrected chi connectivity index (χ0v) is 12.6. The molecule has 6 heteroatoms. The number of nitrogens with zero attached hydrogens (tertiary/aromatic N) is 2. The molecule has 0 radical (unpaired) electrons. The van der Waals surface area contributed by atoms with Crippen LogP contribution in [0.3, 0.4) is 0 Å². The molecule has 0 amide bonds.